The van der Waals surface area contributed by atoms with E-state index in [9.17, 15) is 9.59 Å². The zero-order chi connectivity index (χ0) is 15.1. The molecule has 0 fully saturated rings. The van der Waals surface area contributed by atoms with Crippen LogP contribution in [0, 0.1) is 6.92 Å². The van der Waals surface area contributed by atoms with Crippen LogP contribution in [-0.4, -0.2) is 17.6 Å². The van der Waals surface area contributed by atoms with Crippen molar-refractivity contribution in [2.45, 2.75) is 6.92 Å². The van der Waals surface area contributed by atoms with Crippen molar-refractivity contribution in [3.05, 3.63) is 57.9 Å². The molecule has 0 radical (unpaired) electrons. The summed E-state index contributed by atoms with van der Waals surface area (Å²) >= 11 is 0. The molecule has 0 spiro atoms. The summed E-state index contributed by atoms with van der Waals surface area (Å²) in [5, 5.41) is 2.43. The third kappa shape index (κ3) is 1.91. The minimum atomic E-state index is -0.435. The second kappa shape index (κ2) is 4.74. The van der Waals surface area contributed by atoms with Crippen LogP contribution in [0.5, 0.6) is 0 Å². The molecule has 0 saturated heterocycles. The number of aryl methyl sites for hydroxylation is 2. The van der Waals surface area contributed by atoms with Crippen LogP contribution < -0.4 is 5.56 Å². The van der Waals surface area contributed by atoms with Crippen molar-refractivity contribution in [3.63, 3.8) is 0 Å². The van der Waals surface area contributed by atoms with Gasteiger partial charge in [0.2, 0.25) is 0 Å². The molecule has 3 aromatic rings. The predicted molar refractivity (Wildman–Crippen MR) is 82.8 cm³/mol. The van der Waals surface area contributed by atoms with Gasteiger partial charge in [-0.3, -0.25) is 4.79 Å². The summed E-state index contributed by atoms with van der Waals surface area (Å²) < 4.78 is 6.36. The van der Waals surface area contributed by atoms with Gasteiger partial charge >= 0.3 is 5.97 Å². The molecule has 3 rings (SSSR count). The number of nitrogens with zero attached hydrogens (tertiary/aromatic N) is 1. The Morgan fingerprint density at radius 1 is 1.14 bits per heavy atom. The first-order valence-corrected chi connectivity index (χ1v) is 6.65. The number of hydrogen-bond acceptors (Lipinski definition) is 3. The normalized spacial score (nSPS) is 11.0. The quantitative estimate of drug-likeness (QED) is 0.509. The highest BCUT2D eigenvalue weighted by molar-refractivity contribution is 6.09. The lowest BCUT2D eigenvalue weighted by Gasteiger charge is -2.12. The first-order chi connectivity index (χ1) is 10.0. The Morgan fingerprint density at radius 3 is 2.57 bits per heavy atom. The van der Waals surface area contributed by atoms with Crippen molar-refractivity contribution in [3.8, 4) is 0 Å². The maximum absolute atomic E-state index is 12.6. The Morgan fingerprint density at radius 2 is 1.86 bits per heavy atom. The van der Waals surface area contributed by atoms with E-state index in [1.54, 1.807) is 23.7 Å². The van der Waals surface area contributed by atoms with E-state index < -0.39 is 5.97 Å². The van der Waals surface area contributed by atoms with Crippen molar-refractivity contribution in [2.24, 2.45) is 7.05 Å². The number of pyridine rings is 1. The Hall–Kier alpha value is -2.62. The Bertz CT molecular complexity index is 938. The number of ether oxygens (including phenoxy) is 1. The number of hydrogen-bond donors (Lipinski definition) is 0. The number of fused-ring (bicyclic) bond motifs is 3. The van der Waals surface area contributed by atoms with E-state index in [1.807, 2.05) is 31.2 Å². The van der Waals surface area contributed by atoms with Gasteiger partial charge in [-0.2, -0.15) is 0 Å². The second-order valence-electron chi connectivity index (χ2n) is 5.09. The third-order valence-corrected chi connectivity index (χ3v) is 3.83. The largest absolute Gasteiger partial charge is 0.465 e. The van der Waals surface area contributed by atoms with E-state index in [4.69, 9.17) is 4.74 Å². The maximum atomic E-state index is 12.6. The molecular formula is C17H15NO3. The van der Waals surface area contributed by atoms with E-state index in [2.05, 4.69) is 0 Å². The lowest BCUT2D eigenvalue weighted by Crippen LogP contribution is -2.18. The maximum Gasteiger partial charge on any atom is 0.337 e. The van der Waals surface area contributed by atoms with Crippen LogP contribution in [-0.2, 0) is 11.8 Å². The van der Waals surface area contributed by atoms with E-state index in [1.165, 1.54) is 7.11 Å². The van der Waals surface area contributed by atoms with Crippen LogP contribution in [0.1, 0.15) is 15.9 Å². The molecule has 0 aliphatic rings. The highest BCUT2D eigenvalue weighted by atomic mass is 16.5. The first-order valence-electron chi connectivity index (χ1n) is 6.65. The summed E-state index contributed by atoms with van der Waals surface area (Å²) in [7, 11) is 3.07. The van der Waals surface area contributed by atoms with E-state index in [0.29, 0.717) is 10.9 Å². The molecule has 4 nitrogen and oxygen atoms in total. The van der Waals surface area contributed by atoms with Crippen LogP contribution >= 0.6 is 0 Å². The molecule has 4 heteroatoms. The highest BCUT2D eigenvalue weighted by Gasteiger charge is 2.14. The second-order valence-corrected chi connectivity index (χ2v) is 5.09. The molecule has 0 N–H and O–H groups in total. The van der Waals surface area contributed by atoms with Crippen molar-refractivity contribution in [1.29, 1.82) is 0 Å². The Labute approximate surface area is 121 Å². The SMILES string of the molecule is COC(=O)c1cc(C)c2c(c1)c(=O)n(C)c1ccccc21. The van der Waals surface area contributed by atoms with Gasteiger partial charge in [0, 0.05) is 17.8 Å². The van der Waals surface area contributed by atoms with E-state index >= 15 is 0 Å². The molecule has 1 aromatic heterocycles. The fraction of sp³-hybridized carbons (Fsp3) is 0.176. The molecule has 0 unspecified atom stereocenters. The topological polar surface area (TPSA) is 48.3 Å². The molecule has 21 heavy (non-hydrogen) atoms. The molecule has 0 aliphatic carbocycles. The van der Waals surface area contributed by atoms with Crippen LogP contribution in [0.3, 0.4) is 0 Å². The van der Waals surface area contributed by atoms with Crippen molar-refractivity contribution in [2.75, 3.05) is 7.11 Å². The van der Waals surface area contributed by atoms with Gasteiger partial charge in [-0.15, -0.1) is 0 Å². The molecule has 1 heterocycles. The van der Waals surface area contributed by atoms with Crippen LogP contribution in [0.2, 0.25) is 0 Å². The number of methoxy groups -OCH3 is 1. The third-order valence-electron chi connectivity index (χ3n) is 3.83. The van der Waals surface area contributed by atoms with Gasteiger partial charge in [-0.25, -0.2) is 4.79 Å². The molecule has 106 valence electrons. The lowest BCUT2D eigenvalue weighted by atomic mass is 9.99. The van der Waals surface area contributed by atoms with E-state index in [-0.39, 0.29) is 5.56 Å². The van der Waals surface area contributed by atoms with Crippen molar-refractivity contribution in [1.82, 2.24) is 4.57 Å². The van der Waals surface area contributed by atoms with Crippen LogP contribution in [0.15, 0.2) is 41.2 Å². The predicted octanol–water partition coefficient (Wildman–Crippen LogP) is 2.79. The molecule has 2 aromatic carbocycles. The first kappa shape index (κ1) is 13.4. The number of carbonyl (C=O) groups excluding carboxylic acids is 1. The Kier molecular flexibility index (Phi) is 3.01. The molecule has 0 atom stereocenters. The number of para-hydroxylation sites is 1. The zero-order valence-electron chi connectivity index (χ0n) is 12.1. The van der Waals surface area contributed by atoms with Crippen molar-refractivity contribution >= 4 is 27.6 Å². The zero-order valence-corrected chi connectivity index (χ0v) is 12.1. The fourth-order valence-corrected chi connectivity index (χ4v) is 2.82. The minimum Gasteiger partial charge on any atom is -0.465 e. The summed E-state index contributed by atoms with van der Waals surface area (Å²) in [5.41, 5.74) is 2.05. The molecule has 0 aliphatic heterocycles. The van der Waals surface area contributed by atoms with Gasteiger partial charge in [-0.05, 0) is 36.1 Å². The van der Waals surface area contributed by atoms with Crippen molar-refractivity contribution < 1.29 is 9.53 Å². The molecule has 0 saturated carbocycles. The standard InChI is InChI=1S/C17H15NO3/c1-10-8-11(17(20)21-3)9-13-15(10)12-6-4-5-7-14(12)18(2)16(13)19/h4-9H,1-3H3. The number of rotatable bonds is 1. The number of benzene rings is 2. The highest BCUT2D eigenvalue weighted by Crippen LogP contribution is 2.26. The Balaban J connectivity index is 2.56. The lowest BCUT2D eigenvalue weighted by molar-refractivity contribution is 0.0601. The number of aromatic nitrogens is 1. The number of esters is 1. The summed E-state index contributed by atoms with van der Waals surface area (Å²) in [6, 6.07) is 11.1. The average molecular weight is 281 g/mol. The summed E-state index contributed by atoms with van der Waals surface area (Å²) in [6.45, 7) is 1.90. The van der Waals surface area contributed by atoms with Gasteiger partial charge in [-0.1, -0.05) is 18.2 Å². The summed E-state index contributed by atoms with van der Waals surface area (Å²) in [5.74, 6) is -0.435. The van der Waals surface area contributed by atoms with Gasteiger partial charge in [0.15, 0.2) is 0 Å². The summed E-state index contributed by atoms with van der Waals surface area (Å²) in [4.78, 5) is 24.3. The smallest absolute Gasteiger partial charge is 0.337 e. The molecular weight excluding hydrogens is 266 g/mol. The van der Waals surface area contributed by atoms with Gasteiger partial charge in [0.25, 0.3) is 5.56 Å². The number of carbonyl (C=O) groups is 1. The summed E-state index contributed by atoms with van der Waals surface area (Å²) in [6.07, 6.45) is 0. The minimum absolute atomic E-state index is 0.113. The van der Waals surface area contributed by atoms with Gasteiger partial charge in [0.05, 0.1) is 18.2 Å². The van der Waals surface area contributed by atoms with Gasteiger partial charge < -0.3 is 9.30 Å². The molecule has 0 amide bonds. The fourth-order valence-electron chi connectivity index (χ4n) is 2.82. The van der Waals surface area contributed by atoms with Crippen LogP contribution in [0.25, 0.3) is 21.7 Å². The monoisotopic (exact) mass is 281 g/mol. The average Bonchev–Trinajstić information content (AvgIpc) is 2.51. The molecule has 0 bridgehead atoms. The van der Waals surface area contributed by atoms with E-state index in [0.717, 1.165) is 21.9 Å². The van der Waals surface area contributed by atoms with Crippen LogP contribution in [0.4, 0.5) is 0 Å². The van der Waals surface area contributed by atoms with Gasteiger partial charge in [0.1, 0.15) is 0 Å².